The van der Waals surface area contributed by atoms with E-state index in [0.29, 0.717) is 5.82 Å². The molecule has 0 saturated carbocycles. The molecule has 0 spiro atoms. The molecule has 0 N–H and O–H groups in total. The molecule has 242 valence electrons. The van der Waals surface area contributed by atoms with Gasteiger partial charge in [-0.3, -0.25) is 0 Å². The average molecular weight is 661 g/mol. The van der Waals surface area contributed by atoms with Crippen molar-refractivity contribution < 1.29 is 0 Å². The van der Waals surface area contributed by atoms with E-state index in [9.17, 15) is 0 Å². The Kier molecular flexibility index (Phi) is 7.18. The van der Waals surface area contributed by atoms with E-state index in [0.717, 1.165) is 33.6 Å². The summed E-state index contributed by atoms with van der Waals surface area (Å²) in [5.41, 5.74) is 17.3. The molecular weight excluding hydrogens is 629 g/mol. The lowest BCUT2D eigenvalue weighted by atomic mass is 9.82. The monoisotopic (exact) mass is 660 g/mol. The second kappa shape index (κ2) is 12.5. The molecule has 2 heteroatoms. The van der Waals surface area contributed by atoms with Gasteiger partial charge in [-0.25, -0.2) is 9.97 Å². The van der Waals surface area contributed by atoms with Crippen molar-refractivity contribution in [3.63, 3.8) is 0 Å². The fraction of sp³-hybridized carbons (Fsp3) is 0. The van der Waals surface area contributed by atoms with Crippen LogP contribution in [0.3, 0.4) is 0 Å². The third kappa shape index (κ3) is 5.04. The minimum atomic E-state index is 0.710. The maximum Gasteiger partial charge on any atom is 0.160 e. The summed E-state index contributed by atoms with van der Waals surface area (Å²) in [5, 5.41) is 2.59. The van der Waals surface area contributed by atoms with E-state index >= 15 is 0 Å². The van der Waals surface area contributed by atoms with Gasteiger partial charge in [0.2, 0.25) is 0 Å². The first-order valence-corrected chi connectivity index (χ1v) is 17.8. The number of hydrogen-bond acceptors (Lipinski definition) is 2. The Labute approximate surface area is 303 Å². The Morgan fingerprint density at radius 1 is 0.269 bits per heavy atom. The van der Waals surface area contributed by atoms with E-state index in [1.807, 2.05) is 24.3 Å². The van der Waals surface area contributed by atoms with E-state index in [2.05, 4.69) is 170 Å². The number of benzene rings is 8. The van der Waals surface area contributed by atoms with Crippen LogP contribution < -0.4 is 0 Å². The van der Waals surface area contributed by atoms with E-state index in [4.69, 9.17) is 9.97 Å². The van der Waals surface area contributed by atoms with Crippen molar-refractivity contribution in [2.75, 3.05) is 0 Å². The fourth-order valence-corrected chi connectivity index (χ4v) is 7.88. The van der Waals surface area contributed by atoms with Crippen molar-refractivity contribution in [2.45, 2.75) is 0 Å². The van der Waals surface area contributed by atoms with Gasteiger partial charge in [-0.05, 0) is 84.6 Å². The summed E-state index contributed by atoms with van der Waals surface area (Å²) < 4.78 is 0. The molecule has 0 radical (unpaired) electrons. The fourth-order valence-electron chi connectivity index (χ4n) is 7.88. The predicted molar refractivity (Wildman–Crippen MR) is 217 cm³/mol. The first kappa shape index (κ1) is 30.0. The zero-order valence-electron chi connectivity index (χ0n) is 28.4. The molecule has 1 heterocycles. The van der Waals surface area contributed by atoms with Crippen molar-refractivity contribution >= 4 is 10.8 Å². The van der Waals surface area contributed by atoms with E-state index in [1.54, 1.807) is 0 Å². The number of hydrogen-bond donors (Lipinski definition) is 0. The highest BCUT2D eigenvalue weighted by molar-refractivity contribution is 6.22. The van der Waals surface area contributed by atoms with Gasteiger partial charge in [0.25, 0.3) is 0 Å². The van der Waals surface area contributed by atoms with Crippen LogP contribution in [0.2, 0.25) is 0 Å². The largest absolute Gasteiger partial charge is 0.228 e. The Bertz CT molecular complexity index is 2690. The zero-order chi connectivity index (χ0) is 34.4. The highest BCUT2D eigenvalue weighted by Gasteiger charge is 2.30. The van der Waals surface area contributed by atoms with Gasteiger partial charge in [0, 0.05) is 16.7 Å². The van der Waals surface area contributed by atoms with Crippen LogP contribution in [0.1, 0.15) is 0 Å². The summed E-state index contributed by atoms with van der Waals surface area (Å²) in [7, 11) is 0. The first-order valence-electron chi connectivity index (χ1n) is 17.8. The molecule has 52 heavy (non-hydrogen) atoms. The molecule has 0 aliphatic heterocycles. The van der Waals surface area contributed by atoms with Crippen molar-refractivity contribution in [2.24, 2.45) is 0 Å². The van der Waals surface area contributed by atoms with E-state index in [-0.39, 0.29) is 0 Å². The van der Waals surface area contributed by atoms with Crippen LogP contribution in [0.15, 0.2) is 194 Å². The summed E-state index contributed by atoms with van der Waals surface area (Å²) in [6.07, 6.45) is 0. The lowest BCUT2D eigenvalue weighted by molar-refractivity contribution is 1.18. The number of rotatable bonds is 6. The molecule has 8 aromatic carbocycles. The van der Waals surface area contributed by atoms with Crippen LogP contribution in [0, 0.1) is 0 Å². The molecule has 0 amide bonds. The molecule has 0 saturated heterocycles. The van der Waals surface area contributed by atoms with Gasteiger partial charge in [0.15, 0.2) is 5.82 Å². The van der Waals surface area contributed by atoms with Gasteiger partial charge in [-0.2, -0.15) is 0 Å². The second-order valence-corrected chi connectivity index (χ2v) is 13.3. The molecule has 1 aromatic heterocycles. The van der Waals surface area contributed by atoms with Crippen molar-refractivity contribution in [3.05, 3.63) is 194 Å². The zero-order valence-corrected chi connectivity index (χ0v) is 28.4. The normalized spacial score (nSPS) is 11.5. The predicted octanol–water partition coefficient (Wildman–Crippen LogP) is 13.3. The minimum absolute atomic E-state index is 0.710. The highest BCUT2D eigenvalue weighted by Crippen LogP contribution is 2.57. The maximum atomic E-state index is 5.18. The second-order valence-electron chi connectivity index (χ2n) is 13.3. The lowest BCUT2D eigenvalue weighted by Gasteiger charge is -2.21. The molecule has 9 aromatic rings. The Balaban J connectivity index is 1.25. The van der Waals surface area contributed by atoms with Crippen LogP contribution in [0.4, 0.5) is 0 Å². The molecule has 0 unspecified atom stereocenters. The molecule has 0 atom stereocenters. The standard InChI is InChI=1S/C50H32N2/c1-5-16-33(17-6-1)42-31-43(47(36-20-9-3-10-21-36)49-41-29-15-25-35-24-14-28-40(46(35)41)48(42)49)38-26-13-27-39(30-38)45-32-44(34-18-7-2-8-19-34)51-50(52-45)37-22-11-4-12-23-37/h1-32H. The van der Waals surface area contributed by atoms with Gasteiger partial charge in [-0.1, -0.05) is 176 Å². The average Bonchev–Trinajstić information content (AvgIpc) is 3.57. The van der Waals surface area contributed by atoms with Crippen LogP contribution >= 0.6 is 0 Å². The smallest absolute Gasteiger partial charge is 0.160 e. The van der Waals surface area contributed by atoms with Crippen LogP contribution in [-0.4, -0.2) is 9.97 Å². The summed E-state index contributed by atoms with van der Waals surface area (Å²) in [6.45, 7) is 0. The van der Waals surface area contributed by atoms with Crippen LogP contribution in [0.25, 0.3) is 100 Å². The molecule has 0 bridgehead atoms. The molecular formula is C50H32N2. The highest BCUT2D eigenvalue weighted by atomic mass is 14.9. The van der Waals surface area contributed by atoms with E-state index < -0.39 is 0 Å². The molecule has 2 nitrogen and oxygen atoms in total. The Morgan fingerprint density at radius 2 is 0.750 bits per heavy atom. The summed E-state index contributed by atoms with van der Waals surface area (Å²) in [4.78, 5) is 10.2. The van der Waals surface area contributed by atoms with Gasteiger partial charge in [-0.15, -0.1) is 0 Å². The van der Waals surface area contributed by atoms with Crippen LogP contribution in [-0.2, 0) is 0 Å². The Hall–Kier alpha value is -6.90. The maximum absolute atomic E-state index is 5.18. The molecule has 10 rings (SSSR count). The summed E-state index contributed by atoms with van der Waals surface area (Å²) in [6, 6.07) is 69.2. The third-order valence-electron chi connectivity index (χ3n) is 10.2. The number of nitrogens with zero attached hydrogens (tertiary/aromatic N) is 2. The quantitative estimate of drug-likeness (QED) is 0.177. The third-order valence-corrected chi connectivity index (χ3v) is 10.2. The van der Waals surface area contributed by atoms with Gasteiger partial charge < -0.3 is 0 Å². The molecule has 0 fully saturated rings. The first-order chi connectivity index (χ1) is 25.8. The topological polar surface area (TPSA) is 25.8 Å². The number of aromatic nitrogens is 2. The molecule has 1 aliphatic rings. The van der Waals surface area contributed by atoms with E-state index in [1.165, 1.54) is 60.8 Å². The van der Waals surface area contributed by atoms with Crippen molar-refractivity contribution in [1.29, 1.82) is 0 Å². The summed E-state index contributed by atoms with van der Waals surface area (Å²) >= 11 is 0. The van der Waals surface area contributed by atoms with Gasteiger partial charge in [0.1, 0.15) is 0 Å². The molecule has 1 aliphatic carbocycles. The van der Waals surface area contributed by atoms with Crippen molar-refractivity contribution in [3.8, 4) is 89.5 Å². The van der Waals surface area contributed by atoms with Crippen LogP contribution in [0.5, 0.6) is 0 Å². The SMILES string of the molecule is c1ccc(-c2cc(-c3cccc(-c4cc(-c5ccccc5)c5c(c4-c4ccccc4)-c4cccc6cccc-5c46)c3)nc(-c3ccccc3)n2)cc1. The summed E-state index contributed by atoms with van der Waals surface area (Å²) in [5.74, 6) is 0.710. The van der Waals surface area contributed by atoms with Gasteiger partial charge in [0.05, 0.1) is 11.4 Å². The van der Waals surface area contributed by atoms with Gasteiger partial charge >= 0.3 is 0 Å². The number of fused-ring (bicyclic) bond motifs is 3. The minimum Gasteiger partial charge on any atom is -0.228 e. The van der Waals surface area contributed by atoms with Crippen molar-refractivity contribution in [1.82, 2.24) is 9.97 Å². The Morgan fingerprint density at radius 3 is 1.40 bits per heavy atom. The lowest BCUT2D eigenvalue weighted by Crippen LogP contribution is -1.97.